The second kappa shape index (κ2) is 8.63. The predicted octanol–water partition coefficient (Wildman–Crippen LogP) is 5.80. The second-order valence-corrected chi connectivity index (χ2v) is 7.78. The molecule has 4 aromatic carbocycles. The highest BCUT2D eigenvalue weighted by Crippen LogP contribution is 2.26. The van der Waals surface area contributed by atoms with Crippen LogP contribution in [-0.4, -0.2) is 13.0 Å². The van der Waals surface area contributed by atoms with Crippen LogP contribution in [0.3, 0.4) is 0 Å². The molecule has 0 bridgehead atoms. The Balaban J connectivity index is 1.34. The molecular weight excluding hydrogens is 414 g/mol. The van der Waals surface area contributed by atoms with Gasteiger partial charge in [-0.05, 0) is 58.8 Å². The summed E-state index contributed by atoms with van der Waals surface area (Å²) in [5.41, 5.74) is 2.76. The lowest BCUT2D eigenvalue weighted by molar-refractivity contribution is -0.115. The van der Waals surface area contributed by atoms with E-state index in [1.807, 2.05) is 54.6 Å². The Bertz CT molecular complexity index is 1530. The molecule has 0 unspecified atom stereocenters. The van der Waals surface area contributed by atoms with Crippen LogP contribution in [-0.2, 0) is 11.2 Å². The van der Waals surface area contributed by atoms with Crippen LogP contribution in [0.1, 0.15) is 5.56 Å². The van der Waals surface area contributed by atoms with E-state index in [1.165, 1.54) is 6.07 Å². The zero-order chi connectivity index (χ0) is 22.8. The van der Waals surface area contributed by atoms with Crippen molar-refractivity contribution in [3.63, 3.8) is 0 Å². The van der Waals surface area contributed by atoms with Crippen LogP contribution in [0, 0.1) is 0 Å². The van der Waals surface area contributed by atoms with Gasteiger partial charge >= 0.3 is 0 Å². The molecule has 33 heavy (non-hydrogen) atoms. The summed E-state index contributed by atoms with van der Waals surface area (Å²) in [5.74, 6) is 0.975. The Morgan fingerprint density at radius 1 is 0.879 bits per heavy atom. The number of fused-ring (bicyclic) bond motifs is 2. The molecule has 162 valence electrons. The van der Waals surface area contributed by atoms with Gasteiger partial charge < -0.3 is 14.5 Å². The first-order valence-corrected chi connectivity index (χ1v) is 10.6. The third kappa shape index (κ3) is 4.21. The number of amides is 1. The molecule has 0 radical (unpaired) electrons. The molecule has 0 aliphatic rings. The van der Waals surface area contributed by atoms with Gasteiger partial charge in [0.2, 0.25) is 5.91 Å². The van der Waals surface area contributed by atoms with E-state index < -0.39 is 0 Å². The van der Waals surface area contributed by atoms with Crippen molar-refractivity contribution in [1.82, 2.24) is 0 Å². The molecule has 0 atom stereocenters. The van der Waals surface area contributed by atoms with E-state index in [9.17, 15) is 9.59 Å². The summed E-state index contributed by atoms with van der Waals surface area (Å²) in [5, 5.41) is 5.60. The smallest absolute Gasteiger partial charge is 0.228 e. The molecule has 5 heteroatoms. The minimum Gasteiger partial charge on any atom is -0.497 e. The van der Waals surface area contributed by atoms with E-state index in [-0.39, 0.29) is 17.8 Å². The Morgan fingerprint density at radius 2 is 1.67 bits per heavy atom. The minimum atomic E-state index is -0.141. The predicted molar refractivity (Wildman–Crippen MR) is 131 cm³/mol. The summed E-state index contributed by atoms with van der Waals surface area (Å²) in [6.45, 7) is 0. The lowest BCUT2D eigenvalue weighted by Crippen LogP contribution is -2.14. The summed E-state index contributed by atoms with van der Waals surface area (Å²) in [4.78, 5) is 25.2. The van der Waals surface area contributed by atoms with Crippen LogP contribution < -0.4 is 15.5 Å². The Hall–Kier alpha value is -4.38. The molecule has 0 aliphatic carbocycles. The molecule has 5 nitrogen and oxygen atoms in total. The number of hydrogen-bond acceptors (Lipinski definition) is 4. The number of nitrogens with one attached hydrogen (secondary N) is 1. The van der Waals surface area contributed by atoms with Gasteiger partial charge in [-0.2, -0.15) is 0 Å². The molecule has 1 N–H and O–H groups in total. The fraction of sp³-hybridized carbons (Fsp3) is 0.0714. The van der Waals surface area contributed by atoms with Crippen molar-refractivity contribution in [3.8, 4) is 17.1 Å². The van der Waals surface area contributed by atoms with Crippen molar-refractivity contribution < 1.29 is 13.9 Å². The number of carbonyl (C=O) groups excluding carboxylic acids is 1. The summed E-state index contributed by atoms with van der Waals surface area (Å²) in [6.07, 6.45) is 0.284. The van der Waals surface area contributed by atoms with Gasteiger partial charge in [-0.1, -0.05) is 42.5 Å². The Morgan fingerprint density at radius 3 is 2.48 bits per heavy atom. The quantitative estimate of drug-likeness (QED) is 0.379. The number of methoxy groups -OCH3 is 1. The second-order valence-electron chi connectivity index (χ2n) is 7.78. The number of rotatable bonds is 5. The highest BCUT2D eigenvalue weighted by atomic mass is 16.5. The maximum Gasteiger partial charge on any atom is 0.228 e. The minimum absolute atomic E-state index is 0.0923. The molecule has 5 aromatic rings. The summed E-state index contributed by atoms with van der Waals surface area (Å²) in [6, 6.07) is 27.9. The zero-order valence-corrected chi connectivity index (χ0v) is 18.0. The molecule has 0 fully saturated rings. The summed E-state index contributed by atoms with van der Waals surface area (Å²) >= 11 is 0. The van der Waals surface area contributed by atoms with Crippen LogP contribution in [0.25, 0.3) is 33.1 Å². The van der Waals surface area contributed by atoms with Gasteiger partial charge in [0.25, 0.3) is 0 Å². The Kier molecular flexibility index (Phi) is 5.37. The standard InChI is InChI=1S/C28H21NO4/c1-32-22-13-14-26-24(16-22)25(30)17-27(33-26)19-9-11-21(12-10-19)29-28(31)15-20-7-4-6-18-5-2-3-8-23(18)20/h2-14,16-17H,15H2,1H3,(H,29,31). The number of anilines is 1. The van der Waals surface area contributed by atoms with Crippen molar-refractivity contribution in [2.45, 2.75) is 6.42 Å². The van der Waals surface area contributed by atoms with Gasteiger partial charge in [0.05, 0.1) is 18.9 Å². The molecule has 0 saturated heterocycles. The maximum absolute atomic E-state index is 12.6. The van der Waals surface area contributed by atoms with Crippen LogP contribution in [0.15, 0.2) is 100 Å². The number of ether oxygens (including phenoxy) is 1. The monoisotopic (exact) mass is 435 g/mol. The van der Waals surface area contributed by atoms with Gasteiger partial charge in [-0.15, -0.1) is 0 Å². The number of carbonyl (C=O) groups is 1. The first kappa shape index (κ1) is 20.5. The van der Waals surface area contributed by atoms with Crippen molar-refractivity contribution in [2.75, 3.05) is 12.4 Å². The van der Waals surface area contributed by atoms with Gasteiger partial charge in [-0.3, -0.25) is 9.59 Å². The van der Waals surface area contributed by atoms with Crippen LogP contribution in [0.5, 0.6) is 5.75 Å². The normalized spacial score (nSPS) is 10.9. The molecule has 0 saturated carbocycles. The van der Waals surface area contributed by atoms with E-state index in [4.69, 9.17) is 9.15 Å². The molecular formula is C28H21NO4. The molecule has 0 spiro atoms. The van der Waals surface area contributed by atoms with Crippen molar-refractivity contribution in [1.29, 1.82) is 0 Å². The van der Waals surface area contributed by atoms with Crippen molar-refractivity contribution >= 4 is 33.3 Å². The van der Waals surface area contributed by atoms with Crippen LogP contribution >= 0.6 is 0 Å². The molecule has 5 rings (SSSR count). The fourth-order valence-electron chi connectivity index (χ4n) is 3.95. The molecule has 1 amide bonds. The first-order chi connectivity index (χ1) is 16.1. The van der Waals surface area contributed by atoms with Crippen molar-refractivity contribution in [2.24, 2.45) is 0 Å². The Labute approximate surface area is 190 Å². The van der Waals surface area contributed by atoms with Crippen molar-refractivity contribution in [3.05, 3.63) is 107 Å². The van der Waals surface area contributed by atoms with Gasteiger partial charge in [0.1, 0.15) is 17.1 Å². The van der Waals surface area contributed by atoms with Gasteiger partial charge in [-0.25, -0.2) is 0 Å². The fourth-order valence-corrected chi connectivity index (χ4v) is 3.95. The van der Waals surface area contributed by atoms with Crippen LogP contribution in [0.2, 0.25) is 0 Å². The van der Waals surface area contributed by atoms with Gasteiger partial charge in [0, 0.05) is 17.3 Å². The number of benzene rings is 4. The molecule has 1 heterocycles. The third-order valence-electron chi connectivity index (χ3n) is 5.62. The SMILES string of the molecule is COc1ccc2oc(-c3ccc(NC(=O)Cc4cccc5ccccc45)cc3)cc(=O)c2c1. The average Bonchev–Trinajstić information content (AvgIpc) is 2.84. The third-order valence-corrected chi connectivity index (χ3v) is 5.62. The number of hydrogen-bond donors (Lipinski definition) is 1. The lowest BCUT2D eigenvalue weighted by Gasteiger charge is -2.09. The highest BCUT2D eigenvalue weighted by Gasteiger charge is 2.10. The van der Waals surface area contributed by atoms with Crippen LogP contribution in [0.4, 0.5) is 5.69 Å². The van der Waals surface area contributed by atoms with E-state index >= 15 is 0 Å². The highest BCUT2D eigenvalue weighted by molar-refractivity contribution is 5.96. The topological polar surface area (TPSA) is 68.5 Å². The van der Waals surface area contributed by atoms with Gasteiger partial charge in [0.15, 0.2) is 5.43 Å². The van der Waals surface area contributed by atoms with E-state index in [1.54, 1.807) is 37.4 Å². The first-order valence-electron chi connectivity index (χ1n) is 10.6. The average molecular weight is 435 g/mol. The summed E-state index contributed by atoms with van der Waals surface area (Å²) < 4.78 is 11.1. The maximum atomic E-state index is 12.6. The van der Waals surface area contributed by atoms with E-state index in [2.05, 4.69) is 5.32 Å². The molecule has 1 aromatic heterocycles. The lowest BCUT2D eigenvalue weighted by atomic mass is 10.0. The summed E-state index contributed by atoms with van der Waals surface area (Å²) in [7, 11) is 1.56. The van der Waals surface area contributed by atoms with E-state index in [0.29, 0.717) is 28.2 Å². The largest absolute Gasteiger partial charge is 0.497 e. The molecule has 0 aliphatic heterocycles. The zero-order valence-electron chi connectivity index (χ0n) is 18.0. The van der Waals surface area contributed by atoms with E-state index in [0.717, 1.165) is 21.9 Å².